The second-order valence-electron chi connectivity index (χ2n) is 7.66. The van der Waals surface area contributed by atoms with Crippen molar-refractivity contribution < 1.29 is 32.4 Å². The van der Waals surface area contributed by atoms with E-state index < -0.39 is 16.2 Å². The molecule has 0 amide bonds. The Morgan fingerprint density at radius 3 is 2.24 bits per heavy atom. The molecular weight excluding hydrogens is 478 g/mol. The molecule has 0 aromatic heterocycles. The first-order valence-electron chi connectivity index (χ1n) is 11.1. The zero-order valence-electron chi connectivity index (χ0n) is 20.3. The summed E-state index contributed by atoms with van der Waals surface area (Å²) in [4.78, 5) is 5.36. The molecular formula is C24H37NO7S2. The van der Waals surface area contributed by atoms with Gasteiger partial charge >= 0.3 is 0 Å². The summed E-state index contributed by atoms with van der Waals surface area (Å²) in [5.74, 6) is 1.82. The van der Waals surface area contributed by atoms with E-state index in [0.29, 0.717) is 30.8 Å². The van der Waals surface area contributed by atoms with E-state index in [9.17, 15) is 13.5 Å². The van der Waals surface area contributed by atoms with Gasteiger partial charge in [0.05, 0.1) is 23.8 Å². The van der Waals surface area contributed by atoms with Crippen molar-refractivity contribution in [2.24, 2.45) is 0 Å². The highest BCUT2D eigenvalue weighted by Crippen LogP contribution is 2.16. The lowest BCUT2D eigenvalue weighted by Crippen LogP contribution is -2.23. The molecule has 0 spiro atoms. The topological polar surface area (TPSA) is 114 Å². The molecule has 2 rings (SSSR count). The fourth-order valence-electron chi connectivity index (χ4n) is 2.41. The third-order valence-corrected chi connectivity index (χ3v) is 6.22. The van der Waals surface area contributed by atoms with Gasteiger partial charge in [0.2, 0.25) is 0 Å². The van der Waals surface area contributed by atoms with E-state index >= 15 is 0 Å². The monoisotopic (exact) mass is 515 g/mol. The van der Waals surface area contributed by atoms with Gasteiger partial charge in [0.15, 0.2) is 0 Å². The predicted molar refractivity (Wildman–Crippen MR) is 137 cm³/mol. The summed E-state index contributed by atoms with van der Waals surface area (Å²) in [6.07, 6.45) is 0.411. The van der Waals surface area contributed by atoms with Crippen LogP contribution < -0.4 is 10.2 Å². The molecule has 0 fully saturated rings. The van der Waals surface area contributed by atoms with Crippen molar-refractivity contribution in [3.8, 4) is 5.75 Å². The van der Waals surface area contributed by atoms with Crippen molar-refractivity contribution >= 4 is 27.6 Å². The average Bonchev–Trinajstić information content (AvgIpc) is 2.79. The third-order valence-electron chi connectivity index (χ3n) is 4.16. The first kappa shape index (κ1) is 30.2. The Bertz CT molecular complexity index is 889. The highest BCUT2D eigenvalue weighted by atomic mass is 32.2. The Morgan fingerprint density at radius 1 is 1.03 bits per heavy atom. The molecule has 0 aliphatic rings. The number of hydrogen-bond acceptors (Lipinski definition) is 8. The number of nitrogens with one attached hydrogen (secondary N) is 1. The molecule has 1 atom stereocenters. The Balaban J connectivity index is 0.000000437. The summed E-state index contributed by atoms with van der Waals surface area (Å²) in [6.45, 7) is 9.91. The van der Waals surface area contributed by atoms with Gasteiger partial charge in [-0.25, -0.2) is 0 Å². The molecule has 0 bridgehead atoms. The number of ether oxygens (including phenoxy) is 2. The SMILES string of the molecule is CCOCC(O)COc1ccc(NOCCCSC(C)C)cc1.Cc1ccc(S(=O)(=O)O)cc1. The largest absolute Gasteiger partial charge is 0.491 e. The molecule has 3 N–H and O–H groups in total. The summed E-state index contributed by atoms with van der Waals surface area (Å²) < 4.78 is 40.2. The van der Waals surface area contributed by atoms with Gasteiger partial charge in [-0.05, 0) is 67.7 Å². The highest BCUT2D eigenvalue weighted by Gasteiger charge is 2.07. The molecule has 2 aromatic rings. The molecule has 1 unspecified atom stereocenters. The maximum Gasteiger partial charge on any atom is 0.294 e. The Labute approximate surface area is 207 Å². The summed E-state index contributed by atoms with van der Waals surface area (Å²) in [5.41, 5.74) is 4.75. The van der Waals surface area contributed by atoms with Gasteiger partial charge < -0.3 is 14.6 Å². The molecule has 0 aliphatic heterocycles. The van der Waals surface area contributed by atoms with E-state index in [2.05, 4.69) is 19.3 Å². The van der Waals surface area contributed by atoms with Crippen molar-refractivity contribution in [3.63, 3.8) is 0 Å². The molecule has 192 valence electrons. The lowest BCUT2D eigenvalue weighted by Gasteiger charge is -2.13. The normalized spacial score (nSPS) is 12.1. The fraction of sp³-hybridized carbons (Fsp3) is 0.500. The maximum atomic E-state index is 10.5. The number of hydrogen-bond donors (Lipinski definition) is 3. The van der Waals surface area contributed by atoms with Crippen LogP contribution in [0.1, 0.15) is 32.8 Å². The van der Waals surface area contributed by atoms with Gasteiger partial charge in [-0.1, -0.05) is 31.5 Å². The van der Waals surface area contributed by atoms with E-state index in [-0.39, 0.29) is 11.5 Å². The summed E-state index contributed by atoms with van der Waals surface area (Å²) >= 11 is 1.94. The van der Waals surface area contributed by atoms with Crippen LogP contribution in [0.3, 0.4) is 0 Å². The number of thioether (sulfide) groups is 1. The van der Waals surface area contributed by atoms with Gasteiger partial charge in [-0.15, -0.1) is 0 Å². The number of aliphatic hydroxyl groups excluding tert-OH is 1. The minimum Gasteiger partial charge on any atom is -0.491 e. The van der Waals surface area contributed by atoms with Gasteiger partial charge in [0.25, 0.3) is 10.1 Å². The van der Waals surface area contributed by atoms with Crippen LogP contribution in [0.25, 0.3) is 0 Å². The molecule has 8 nitrogen and oxygen atoms in total. The number of aliphatic hydroxyl groups is 1. The van der Waals surface area contributed by atoms with Crippen LogP contribution in [0.2, 0.25) is 0 Å². The Hall–Kier alpha value is -1.82. The van der Waals surface area contributed by atoms with Crippen LogP contribution in [-0.4, -0.2) is 61.6 Å². The van der Waals surface area contributed by atoms with Crippen molar-refractivity contribution in [1.82, 2.24) is 0 Å². The first-order valence-corrected chi connectivity index (χ1v) is 13.6. The van der Waals surface area contributed by atoms with Crippen molar-refractivity contribution in [2.75, 3.05) is 37.7 Å². The standard InChI is InChI=1S/C17H29NO4S.C7H8O3S/c1-4-20-12-16(19)13-21-17-8-6-15(7-9-17)18-22-10-5-11-23-14(2)3;1-6-2-4-7(5-3-6)11(8,9)10/h6-9,14,16,18-19H,4-5,10-13H2,1-3H3;2-5H,1H3,(H,8,9,10). The van der Waals surface area contributed by atoms with Crippen LogP contribution in [0, 0.1) is 6.92 Å². The van der Waals surface area contributed by atoms with Crippen LogP contribution in [0.15, 0.2) is 53.4 Å². The molecule has 0 heterocycles. The summed E-state index contributed by atoms with van der Waals surface area (Å²) in [6, 6.07) is 13.4. The summed E-state index contributed by atoms with van der Waals surface area (Å²) in [5, 5.41) is 10.3. The van der Waals surface area contributed by atoms with Crippen LogP contribution in [-0.2, 0) is 19.7 Å². The second-order valence-corrected chi connectivity index (χ2v) is 10.8. The lowest BCUT2D eigenvalue weighted by atomic mass is 10.2. The van der Waals surface area contributed by atoms with E-state index in [1.807, 2.05) is 49.9 Å². The number of aryl methyl sites for hydroxylation is 1. The van der Waals surface area contributed by atoms with Crippen molar-refractivity contribution in [1.29, 1.82) is 0 Å². The van der Waals surface area contributed by atoms with E-state index in [1.54, 1.807) is 12.1 Å². The third kappa shape index (κ3) is 14.4. The smallest absolute Gasteiger partial charge is 0.294 e. The Kier molecular flexibility index (Phi) is 14.9. The molecule has 0 saturated heterocycles. The van der Waals surface area contributed by atoms with Gasteiger partial charge in [-0.3, -0.25) is 14.9 Å². The average molecular weight is 516 g/mol. The van der Waals surface area contributed by atoms with Gasteiger partial charge in [-0.2, -0.15) is 20.2 Å². The van der Waals surface area contributed by atoms with Crippen LogP contribution >= 0.6 is 11.8 Å². The van der Waals surface area contributed by atoms with Crippen LogP contribution in [0.4, 0.5) is 5.69 Å². The molecule has 34 heavy (non-hydrogen) atoms. The number of benzene rings is 2. The molecule has 2 aromatic carbocycles. The minimum absolute atomic E-state index is 0.0666. The summed E-state index contributed by atoms with van der Waals surface area (Å²) in [7, 11) is -4.02. The van der Waals surface area contributed by atoms with Gasteiger partial charge in [0.1, 0.15) is 18.5 Å². The quantitative estimate of drug-likeness (QED) is 0.189. The Morgan fingerprint density at radius 2 is 1.68 bits per heavy atom. The number of anilines is 1. The second kappa shape index (κ2) is 16.7. The van der Waals surface area contributed by atoms with Gasteiger partial charge in [0, 0.05) is 6.61 Å². The molecule has 0 radical (unpaired) electrons. The van der Waals surface area contributed by atoms with Crippen LogP contribution in [0.5, 0.6) is 5.75 Å². The molecule has 0 aliphatic carbocycles. The molecule has 0 saturated carbocycles. The van der Waals surface area contributed by atoms with Crippen molar-refractivity contribution in [3.05, 3.63) is 54.1 Å². The minimum atomic E-state index is -4.02. The zero-order chi connectivity index (χ0) is 25.4. The number of rotatable bonds is 14. The predicted octanol–water partition coefficient (Wildman–Crippen LogP) is 4.58. The fourth-order valence-corrected chi connectivity index (χ4v) is 3.64. The van der Waals surface area contributed by atoms with E-state index in [4.69, 9.17) is 18.9 Å². The highest BCUT2D eigenvalue weighted by molar-refractivity contribution is 7.99. The van der Waals surface area contributed by atoms with E-state index in [0.717, 1.165) is 23.4 Å². The van der Waals surface area contributed by atoms with Crippen molar-refractivity contribution in [2.45, 2.75) is 50.4 Å². The lowest BCUT2D eigenvalue weighted by molar-refractivity contribution is 0.0164. The maximum absolute atomic E-state index is 10.5. The first-order chi connectivity index (χ1) is 16.1. The van der Waals surface area contributed by atoms with E-state index in [1.165, 1.54) is 12.1 Å². The molecule has 10 heteroatoms. The zero-order valence-corrected chi connectivity index (χ0v) is 21.9.